The SMILES string of the molecule is CCCCCCCC=CC[S+](C)[O-]. The molecule has 1 atom stereocenters. The number of unbranched alkanes of at least 4 members (excludes halogenated alkanes) is 5. The standard InChI is InChI=1S/C11H22OS/c1-3-4-5-6-7-8-9-10-11-13(2)12/h9-10H,3-8,11H2,1-2H3. The Labute approximate surface area is 85.8 Å². The topological polar surface area (TPSA) is 23.1 Å². The van der Waals surface area contributed by atoms with Gasteiger partial charge in [0.2, 0.25) is 0 Å². The van der Waals surface area contributed by atoms with Crippen molar-refractivity contribution < 1.29 is 4.55 Å². The first-order chi connectivity index (χ1) is 6.27. The van der Waals surface area contributed by atoms with Crippen molar-refractivity contribution in [2.75, 3.05) is 12.0 Å². The van der Waals surface area contributed by atoms with Crippen molar-refractivity contribution >= 4 is 11.2 Å². The number of hydrogen-bond acceptors (Lipinski definition) is 1. The zero-order valence-corrected chi connectivity index (χ0v) is 9.74. The fourth-order valence-electron chi connectivity index (χ4n) is 1.19. The number of rotatable bonds is 8. The maximum atomic E-state index is 10.7. The van der Waals surface area contributed by atoms with E-state index in [1.165, 1.54) is 32.1 Å². The summed E-state index contributed by atoms with van der Waals surface area (Å²) >= 11 is -0.663. The third-order valence-corrected chi connectivity index (χ3v) is 2.63. The lowest BCUT2D eigenvalue weighted by atomic mass is 10.1. The zero-order chi connectivity index (χ0) is 9.94. The lowest BCUT2D eigenvalue weighted by Gasteiger charge is -1.99. The van der Waals surface area contributed by atoms with Crippen LogP contribution in [0.3, 0.4) is 0 Å². The summed E-state index contributed by atoms with van der Waals surface area (Å²) < 4.78 is 10.7. The predicted molar refractivity (Wildman–Crippen MR) is 61.4 cm³/mol. The van der Waals surface area contributed by atoms with Crippen LogP contribution in [0.1, 0.15) is 45.4 Å². The highest BCUT2D eigenvalue weighted by Gasteiger charge is 1.89. The van der Waals surface area contributed by atoms with E-state index in [2.05, 4.69) is 13.0 Å². The lowest BCUT2D eigenvalue weighted by Crippen LogP contribution is -1.98. The largest absolute Gasteiger partial charge is 0.616 e. The van der Waals surface area contributed by atoms with Gasteiger partial charge in [-0.2, -0.15) is 0 Å². The zero-order valence-electron chi connectivity index (χ0n) is 8.92. The van der Waals surface area contributed by atoms with Gasteiger partial charge in [-0.1, -0.05) is 49.9 Å². The third-order valence-electron chi connectivity index (χ3n) is 1.97. The van der Waals surface area contributed by atoms with Gasteiger partial charge in [0.1, 0.15) is 5.75 Å². The van der Waals surface area contributed by atoms with Gasteiger partial charge in [0.15, 0.2) is 0 Å². The number of hydrogen-bond donors (Lipinski definition) is 0. The molecule has 13 heavy (non-hydrogen) atoms. The van der Waals surface area contributed by atoms with Crippen LogP contribution < -0.4 is 0 Å². The van der Waals surface area contributed by atoms with Crippen molar-refractivity contribution in [3.05, 3.63) is 12.2 Å². The van der Waals surface area contributed by atoms with Crippen LogP contribution in [0.25, 0.3) is 0 Å². The van der Waals surface area contributed by atoms with Gasteiger partial charge in [-0.05, 0) is 18.9 Å². The summed E-state index contributed by atoms with van der Waals surface area (Å²) in [5, 5.41) is 0. The molecule has 0 heterocycles. The lowest BCUT2D eigenvalue weighted by molar-refractivity contribution is 0.603. The fraction of sp³-hybridized carbons (Fsp3) is 0.818. The summed E-state index contributed by atoms with van der Waals surface area (Å²) in [5.74, 6) is 0.717. The molecule has 0 fully saturated rings. The maximum absolute atomic E-state index is 10.7. The Balaban J connectivity index is 3.02. The molecule has 2 heteroatoms. The molecule has 0 amide bonds. The Morgan fingerprint density at radius 1 is 1.08 bits per heavy atom. The first kappa shape index (κ1) is 13.1. The minimum Gasteiger partial charge on any atom is -0.616 e. The Kier molecular flexibility index (Phi) is 10.2. The molecule has 0 saturated carbocycles. The van der Waals surface area contributed by atoms with Crippen molar-refractivity contribution in [3.8, 4) is 0 Å². The second-order valence-electron chi connectivity index (χ2n) is 3.41. The van der Waals surface area contributed by atoms with Gasteiger partial charge in [-0.3, -0.25) is 0 Å². The summed E-state index contributed by atoms with van der Waals surface area (Å²) in [5.41, 5.74) is 0. The van der Waals surface area contributed by atoms with Gasteiger partial charge in [0.25, 0.3) is 0 Å². The third kappa shape index (κ3) is 12.1. The highest BCUT2D eigenvalue weighted by molar-refractivity contribution is 7.90. The molecule has 0 radical (unpaired) electrons. The van der Waals surface area contributed by atoms with Crippen LogP contribution in [-0.2, 0) is 11.2 Å². The van der Waals surface area contributed by atoms with Crippen LogP contribution in [0.5, 0.6) is 0 Å². The average molecular weight is 202 g/mol. The predicted octanol–water partition coefficient (Wildman–Crippen LogP) is 3.28. The maximum Gasteiger partial charge on any atom is 0.123 e. The summed E-state index contributed by atoms with van der Waals surface area (Å²) in [4.78, 5) is 0. The quantitative estimate of drug-likeness (QED) is 0.336. The first-order valence-electron chi connectivity index (χ1n) is 5.22. The van der Waals surface area contributed by atoms with E-state index in [1.54, 1.807) is 6.26 Å². The second-order valence-corrected chi connectivity index (χ2v) is 4.89. The Morgan fingerprint density at radius 2 is 1.77 bits per heavy atom. The highest BCUT2D eigenvalue weighted by Crippen LogP contribution is 2.05. The van der Waals surface area contributed by atoms with E-state index >= 15 is 0 Å². The van der Waals surface area contributed by atoms with E-state index in [-0.39, 0.29) is 0 Å². The number of allylic oxidation sites excluding steroid dienone is 1. The molecular weight excluding hydrogens is 180 g/mol. The van der Waals surface area contributed by atoms with Crippen molar-refractivity contribution in [3.63, 3.8) is 0 Å². The van der Waals surface area contributed by atoms with Crippen molar-refractivity contribution in [2.45, 2.75) is 45.4 Å². The smallest absolute Gasteiger partial charge is 0.123 e. The monoisotopic (exact) mass is 202 g/mol. The van der Waals surface area contributed by atoms with E-state index in [9.17, 15) is 4.55 Å². The molecule has 0 aliphatic carbocycles. The Hall–Kier alpha value is 0.0500. The molecule has 0 bridgehead atoms. The van der Waals surface area contributed by atoms with Crippen LogP contribution in [-0.4, -0.2) is 16.6 Å². The molecule has 0 aromatic rings. The van der Waals surface area contributed by atoms with Gasteiger partial charge in [-0.25, -0.2) is 0 Å². The fourth-order valence-corrected chi connectivity index (χ4v) is 1.59. The van der Waals surface area contributed by atoms with E-state index in [0.717, 1.165) is 12.2 Å². The summed E-state index contributed by atoms with van der Waals surface area (Å²) in [6.45, 7) is 2.23. The summed E-state index contributed by atoms with van der Waals surface area (Å²) in [7, 11) is 0. The van der Waals surface area contributed by atoms with E-state index in [4.69, 9.17) is 0 Å². The minimum absolute atomic E-state index is 0.663. The Morgan fingerprint density at radius 3 is 2.38 bits per heavy atom. The molecule has 0 spiro atoms. The average Bonchev–Trinajstić information content (AvgIpc) is 2.09. The molecular formula is C11H22OS. The van der Waals surface area contributed by atoms with Gasteiger partial charge >= 0.3 is 0 Å². The molecule has 0 aliphatic heterocycles. The van der Waals surface area contributed by atoms with E-state index < -0.39 is 11.2 Å². The summed E-state index contributed by atoms with van der Waals surface area (Å²) in [6, 6.07) is 0. The van der Waals surface area contributed by atoms with Gasteiger partial charge in [0.05, 0.1) is 6.26 Å². The molecule has 0 N–H and O–H groups in total. The molecule has 1 nitrogen and oxygen atoms in total. The van der Waals surface area contributed by atoms with Crippen LogP contribution >= 0.6 is 0 Å². The molecule has 0 aliphatic rings. The van der Waals surface area contributed by atoms with E-state index in [1.807, 2.05) is 6.08 Å². The van der Waals surface area contributed by atoms with Crippen LogP contribution in [0.4, 0.5) is 0 Å². The van der Waals surface area contributed by atoms with Gasteiger partial charge in [0, 0.05) is 0 Å². The second kappa shape index (κ2) is 10.1. The molecule has 0 saturated heterocycles. The molecule has 0 aromatic carbocycles. The van der Waals surface area contributed by atoms with Crippen molar-refractivity contribution in [2.24, 2.45) is 0 Å². The van der Waals surface area contributed by atoms with Crippen molar-refractivity contribution in [1.82, 2.24) is 0 Å². The van der Waals surface area contributed by atoms with Gasteiger partial charge < -0.3 is 4.55 Å². The van der Waals surface area contributed by atoms with Crippen LogP contribution in [0.2, 0.25) is 0 Å². The molecule has 0 aromatic heterocycles. The highest BCUT2D eigenvalue weighted by atomic mass is 32.2. The van der Waals surface area contributed by atoms with Crippen LogP contribution in [0.15, 0.2) is 12.2 Å². The van der Waals surface area contributed by atoms with Crippen LogP contribution in [0, 0.1) is 0 Å². The summed E-state index contributed by atoms with van der Waals surface area (Å²) in [6.07, 6.45) is 13.8. The molecule has 78 valence electrons. The van der Waals surface area contributed by atoms with Gasteiger partial charge in [-0.15, -0.1) is 0 Å². The first-order valence-corrected chi connectivity index (χ1v) is 6.95. The minimum atomic E-state index is -0.663. The molecule has 1 unspecified atom stereocenters. The Bertz CT molecular complexity index is 121. The normalized spacial score (nSPS) is 13.8. The van der Waals surface area contributed by atoms with E-state index in [0.29, 0.717) is 0 Å². The molecule has 0 rings (SSSR count). The van der Waals surface area contributed by atoms with Crippen molar-refractivity contribution in [1.29, 1.82) is 0 Å².